The molecule has 0 aliphatic heterocycles. The van der Waals surface area contributed by atoms with Gasteiger partial charge in [0.15, 0.2) is 0 Å². The van der Waals surface area contributed by atoms with Gasteiger partial charge in [0.05, 0.1) is 7.11 Å². The molecule has 0 bridgehead atoms. The molecule has 1 rings (SSSR count). The zero-order valence-electron chi connectivity index (χ0n) is 12.3. The van der Waals surface area contributed by atoms with E-state index in [9.17, 15) is 0 Å². The van der Waals surface area contributed by atoms with Gasteiger partial charge in [-0.05, 0) is 31.7 Å². The van der Waals surface area contributed by atoms with Gasteiger partial charge in [-0.2, -0.15) is 11.8 Å². The summed E-state index contributed by atoms with van der Waals surface area (Å²) < 4.78 is 5.44. The van der Waals surface area contributed by atoms with Gasteiger partial charge in [-0.25, -0.2) is 0 Å². The van der Waals surface area contributed by atoms with Gasteiger partial charge in [0, 0.05) is 24.0 Å². The van der Waals surface area contributed by atoms with Crippen molar-refractivity contribution in [1.29, 1.82) is 0 Å². The normalized spacial score (nSPS) is 14.2. The third-order valence-corrected chi connectivity index (χ3v) is 4.48. The number of nitrogens with one attached hydrogen (secondary N) is 1. The van der Waals surface area contributed by atoms with E-state index in [0.717, 1.165) is 17.3 Å². The predicted octanol–water partition coefficient (Wildman–Crippen LogP) is 2.63. The molecule has 108 valence electrons. The predicted molar refractivity (Wildman–Crippen MR) is 83.1 cm³/mol. The molecule has 2 unspecified atom stereocenters. The van der Waals surface area contributed by atoms with Crippen LogP contribution in [0.1, 0.15) is 24.1 Å². The molecular weight excluding hydrogens is 258 g/mol. The Labute approximate surface area is 120 Å². The summed E-state index contributed by atoms with van der Waals surface area (Å²) in [5.41, 5.74) is 2.44. The molecule has 0 heterocycles. The second kappa shape index (κ2) is 8.46. The number of rotatable bonds is 8. The lowest BCUT2D eigenvalue weighted by molar-refractivity contribution is 0.250. The van der Waals surface area contributed by atoms with E-state index in [1.165, 1.54) is 11.1 Å². The number of aliphatic hydroxyl groups is 1. The molecule has 1 aromatic rings. The Bertz CT molecular complexity index is 384. The monoisotopic (exact) mass is 283 g/mol. The lowest BCUT2D eigenvalue weighted by Gasteiger charge is -2.20. The van der Waals surface area contributed by atoms with Gasteiger partial charge in [0.25, 0.3) is 0 Å². The van der Waals surface area contributed by atoms with Crippen molar-refractivity contribution in [2.75, 3.05) is 32.3 Å². The summed E-state index contributed by atoms with van der Waals surface area (Å²) >= 11 is 1.86. The number of aryl methyl sites for hydroxylation is 1. The molecule has 3 nitrogen and oxygen atoms in total. The Morgan fingerprint density at radius 1 is 1.37 bits per heavy atom. The highest BCUT2D eigenvalue weighted by Crippen LogP contribution is 2.28. The third-order valence-electron chi connectivity index (χ3n) is 3.11. The van der Waals surface area contributed by atoms with Gasteiger partial charge < -0.3 is 15.2 Å². The van der Waals surface area contributed by atoms with E-state index in [2.05, 4.69) is 31.3 Å². The molecule has 2 atom stereocenters. The van der Waals surface area contributed by atoms with Gasteiger partial charge in [-0.3, -0.25) is 0 Å². The van der Waals surface area contributed by atoms with Crippen molar-refractivity contribution in [2.45, 2.75) is 19.9 Å². The Balaban J connectivity index is 2.71. The zero-order chi connectivity index (χ0) is 14.3. The number of aliphatic hydroxyl groups excluding tert-OH is 1. The van der Waals surface area contributed by atoms with E-state index in [1.807, 2.05) is 24.9 Å². The van der Waals surface area contributed by atoms with Crippen LogP contribution in [0.3, 0.4) is 0 Å². The average molecular weight is 283 g/mol. The molecule has 1 aromatic carbocycles. The van der Waals surface area contributed by atoms with Crippen LogP contribution in [0.2, 0.25) is 0 Å². The van der Waals surface area contributed by atoms with E-state index in [4.69, 9.17) is 9.84 Å². The molecule has 0 saturated carbocycles. The zero-order valence-corrected chi connectivity index (χ0v) is 13.1. The lowest BCUT2D eigenvalue weighted by atomic mass is 10.0. The van der Waals surface area contributed by atoms with Gasteiger partial charge in [0.1, 0.15) is 5.75 Å². The van der Waals surface area contributed by atoms with Gasteiger partial charge in [-0.1, -0.05) is 24.6 Å². The number of ether oxygens (including phenoxy) is 1. The summed E-state index contributed by atoms with van der Waals surface area (Å²) in [5.74, 6) is 3.23. The number of thioether (sulfide) groups is 1. The number of methoxy groups -OCH3 is 1. The number of hydrogen-bond donors (Lipinski definition) is 2. The fourth-order valence-electron chi connectivity index (χ4n) is 1.89. The van der Waals surface area contributed by atoms with Crippen molar-refractivity contribution < 1.29 is 9.84 Å². The van der Waals surface area contributed by atoms with E-state index >= 15 is 0 Å². The quantitative estimate of drug-likeness (QED) is 0.769. The summed E-state index contributed by atoms with van der Waals surface area (Å²) in [6.07, 6.45) is 0. The van der Waals surface area contributed by atoms with E-state index < -0.39 is 0 Å². The van der Waals surface area contributed by atoms with Crippen LogP contribution in [0.5, 0.6) is 5.75 Å². The van der Waals surface area contributed by atoms with Crippen LogP contribution >= 0.6 is 11.8 Å². The second-order valence-electron chi connectivity index (χ2n) is 4.91. The minimum absolute atomic E-state index is 0.255. The lowest BCUT2D eigenvalue weighted by Crippen LogP contribution is -2.20. The van der Waals surface area contributed by atoms with Crippen molar-refractivity contribution in [3.63, 3.8) is 0 Å². The minimum Gasteiger partial charge on any atom is -0.496 e. The molecule has 4 heteroatoms. The van der Waals surface area contributed by atoms with Gasteiger partial charge in [-0.15, -0.1) is 0 Å². The SMILES string of the molecule is CNC(CSCC(C)CO)c1cc(C)ccc1OC. The standard InChI is InChI=1S/C15H25NO2S/c1-11-5-6-15(18-4)13(7-11)14(16-3)10-19-9-12(2)8-17/h5-7,12,14,16-17H,8-10H2,1-4H3. The highest BCUT2D eigenvalue weighted by molar-refractivity contribution is 7.99. The molecule has 0 aliphatic carbocycles. The summed E-state index contributed by atoms with van der Waals surface area (Å²) in [5, 5.41) is 12.4. The smallest absolute Gasteiger partial charge is 0.123 e. The fourth-order valence-corrected chi connectivity index (χ4v) is 3.12. The Morgan fingerprint density at radius 2 is 2.11 bits per heavy atom. The molecule has 0 radical (unpaired) electrons. The molecule has 0 aromatic heterocycles. The second-order valence-corrected chi connectivity index (χ2v) is 5.99. The van der Waals surface area contributed by atoms with Crippen LogP contribution in [-0.4, -0.2) is 37.4 Å². The van der Waals surface area contributed by atoms with Crippen LogP contribution in [0.15, 0.2) is 18.2 Å². The Morgan fingerprint density at radius 3 is 2.68 bits per heavy atom. The fraction of sp³-hybridized carbons (Fsp3) is 0.600. The van der Waals surface area contributed by atoms with Crippen molar-refractivity contribution in [2.24, 2.45) is 5.92 Å². The molecule has 0 saturated heterocycles. The molecule has 0 spiro atoms. The largest absolute Gasteiger partial charge is 0.496 e. The molecular formula is C15H25NO2S. The van der Waals surface area contributed by atoms with Gasteiger partial charge in [0.2, 0.25) is 0 Å². The first-order chi connectivity index (χ1) is 9.12. The third kappa shape index (κ3) is 5.05. The van der Waals surface area contributed by atoms with E-state index in [0.29, 0.717) is 5.92 Å². The van der Waals surface area contributed by atoms with Crippen LogP contribution in [-0.2, 0) is 0 Å². The van der Waals surface area contributed by atoms with Crippen LogP contribution in [0, 0.1) is 12.8 Å². The van der Waals surface area contributed by atoms with Crippen LogP contribution in [0.4, 0.5) is 0 Å². The van der Waals surface area contributed by atoms with E-state index in [1.54, 1.807) is 7.11 Å². The number of benzene rings is 1. The van der Waals surface area contributed by atoms with Gasteiger partial charge >= 0.3 is 0 Å². The molecule has 0 amide bonds. The summed E-state index contributed by atoms with van der Waals surface area (Å²) in [6, 6.07) is 6.54. The topological polar surface area (TPSA) is 41.5 Å². The Hall–Kier alpha value is -0.710. The molecule has 0 aliphatic rings. The molecule has 2 N–H and O–H groups in total. The van der Waals surface area contributed by atoms with Crippen molar-refractivity contribution in [1.82, 2.24) is 5.32 Å². The Kier molecular flexibility index (Phi) is 7.28. The van der Waals surface area contributed by atoms with Crippen LogP contribution in [0.25, 0.3) is 0 Å². The van der Waals surface area contributed by atoms with Crippen molar-refractivity contribution >= 4 is 11.8 Å². The average Bonchev–Trinajstić information content (AvgIpc) is 2.43. The first-order valence-corrected chi connectivity index (χ1v) is 7.78. The molecule has 0 fully saturated rings. The van der Waals surface area contributed by atoms with Crippen LogP contribution < -0.4 is 10.1 Å². The maximum Gasteiger partial charge on any atom is 0.123 e. The molecule has 19 heavy (non-hydrogen) atoms. The van der Waals surface area contributed by atoms with Crippen molar-refractivity contribution in [3.05, 3.63) is 29.3 Å². The highest BCUT2D eigenvalue weighted by atomic mass is 32.2. The highest BCUT2D eigenvalue weighted by Gasteiger charge is 2.15. The minimum atomic E-state index is 0.255. The van der Waals surface area contributed by atoms with E-state index in [-0.39, 0.29) is 12.6 Å². The first kappa shape index (κ1) is 16.3. The summed E-state index contributed by atoms with van der Waals surface area (Å²) in [7, 11) is 3.68. The summed E-state index contributed by atoms with van der Waals surface area (Å²) in [4.78, 5) is 0. The first-order valence-electron chi connectivity index (χ1n) is 6.62. The van der Waals surface area contributed by atoms with Crippen molar-refractivity contribution in [3.8, 4) is 5.75 Å². The maximum absolute atomic E-state index is 9.04. The maximum atomic E-state index is 9.04. The summed E-state index contributed by atoms with van der Waals surface area (Å²) in [6.45, 7) is 4.41. The number of hydrogen-bond acceptors (Lipinski definition) is 4.